The molecule has 0 aromatic carbocycles. The number of rotatable bonds is 6. The van der Waals surface area contributed by atoms with Crippen LogP contribution >= 0.6 is 0 Å². The van der Waals surface area contributed by atoms with Gasteiger partial charge in [-0.25, -0.2) is 4.79 Å². The fraction of sp³-hybridized carbons (Fsp3) is 0.696. The standard InChI is InChI=1S/C23H34F3N3O6Si/c1-21(2,3)22(4,5)36(6,7)34-13-16-15(30)11-17(35-16)29-12-14(18(31)28-20(29)33)9-8-10-27-19(32)23(24,25)26/h12,15-17,30H,10-11,13H2,1-7H3,(H,27,32)(H,28,31,33)/t15?,16-,17?/m1/s1. The van der Waals surface area contributed by atoms with Gasteiger partial charge in [-0.3, -0.25) is 19.1 Å². The number of ether oxygens (including phenoxy) is 1. The molecule has 2 heterocycles. The summed E-state index contributed by atoms with van der Waals surface area (Å²) in [4.78, 5) is 37.3. The number of nitrogens with zero attached hydrogens (tertiary/aromatic N) is 1. The molecule has 1 aliphatic rings. The van der Waals surface area contributed by atoms with Crippen LogP contribution in [-0.4, -0.2) is 60.4 Å². The summed E-state index contributed by atoms with van der Waals surface area (Å²) in [6, 6.07) is 0. The van der Waals surface area contributed by atoms with Crippen molar-refractivity contribution in [2.24, 2.45) is 5.41 Å². The van der Waals surface area contributed by atoms with E-state index in [1.807, 2.05) is 0 Å². The van der Waals surface area contributed by atoms with Crippen LogP contribution in [0.2, 0.25) is 18.1 Å². The number of H-pyrrole nitrogens is 1. The van der Waals surface area contributed by atoms with Crippen molar-refractivity contribution in [1.82, 2.24) is 14.9 Å². The van der Waals surface area contributed by atoms with Crippen molar-refractivity contribution in [1.29, 1.82) is 0 Å². The lowest BCUT2D eigenvalue weighted by molar-refractivity contribution is -0.173. The highest BCUT2D eigenvalue weighted by Gasteiger charge is 2.49. The largest absolute Gasteiger partial charge is 0.471 e. The molecule has 0 radical (unpaired) electrons. The van der Waals surface area contributed by atoms with Gasteiger partial charge in [0.15, 0.2) is 8.32 Å². The van der Waals surface area contributed by atoms with Crippen LogP contribution in [0.25, 0.3) is 0 Å². The van der Waals surface area contributed by atoms with Crippen LogP contribution in [0.5, 0.6) is 0 Å². The lowest BCUT2D eigenvalue weighted by Gasteiger charge is -2.48. The van der Waals surface area contributed by atoms with Gasteiger partial charge in [0.2, 0.25) is 0 Å². The SMILES string of the molecule is CC(C)(C)C(C)(C)[Si](C)(C)OC[C@H]1OC(n2cc(C#CCNC(=O)C(F)(F)F)c(=O)[nH]c2=O)CC1O. The van der Waals surface area contributed by atoms with E-state index in [1.54, 1.807) is 5.32 Å². The molecular formula is C23H34F3N3O6Si. The Morgan fingerprint density at radius 3 is 2.44 bits per heavy atom. The van der Waals surface area contributed by atoms with Crippen molar-refractivity contribution in [3.8, 4) is 11.8 Å². The second-order valence-corrected chi connectivity index (χ2v) is 15.4. The van der Waals surface area contributed by atoms with Gasteiger partial charge >= 0.3 is 17.8 Å². The van der Waals surface area contributed by atoms with Crippen LogP contribution in [0.1, 0.15) is 52.8 Å². The molecule has 36 heavy (non-hydrogen) atoms. The van der Waals surface area contributed by atoms with E-state index < -0.39 is 56.6 Å². The Kier molecular flexibility index (Phi) is 8.72. The van der Waals surface area contributed by atoms with Gasteiger partial charge in [-0.1, -0.05) is 46.5 Å². The van der Waals surface area contributed by atoms with Crippen LogP contribution in [0.15, 0.2) is 15.8 Å². The van der Waals surface area contributed by atoms with E-state index in [2.05, 4.69) is 64.5 Å². The summed E-state index contributed by atoms with van der Waals surface area (Å²) in [5, 5.41) is 12.0. The molecule has 3 atom stereocenters. The molecule has 1 saturated heterocycles. The van der Waals surface area contributed by atoms with E-state index >= 15 is 0 Å². The number of carbonyl (C=O) groups is 1. The second-order valence-electron chi connectivity index (χ2n) is 10.8. The molecule has 1 aromatic heterocycles. The molecule has 0 saturated carbocycles. The van der Waals surface area contributed by atoms with Gasteiger partial charge in [-0.2, -0.15) is 13.2 Å². The Morgan fingerprint density at radius 2 is 1.89 bits per heavy atom. The molecule has 1 aromatic rings. The van der Waals surface area contributed by atoms with Crippen LogP contribution < -0.4 is 16.6 Å². The molecule has 0 bridgehead atoms. The second kappa shape index (κ2) is 10.5. The first-order chi connectivity index (χ1) is 16.3. The number of halogens is 3. The number of aliphatic hydroxyl groups is 1. The molecule has 1 fully saturated rings. The summed E-state index contributed by atoms with van der Waals surface area (Å²) in [6.07, 6.45) is -6.43. The highest BCUT2D eigenvalue weighted by Crippen LogP contribution is 2.52. The minimum Gasteiger partial charge on any atom is -0.414 e. The normalized spacial score (nSPS) is 21.1. The maximum Gasteiger partial charge on any atom is 0.471 e. The molecule has 3 N–H and O–H groups in total. The van der Waals surface area contributed by atoms with Gasteiger partial charge in [-0.05, 0) is 23.5 Å². The topological polar surface area (TPSA) is 123 Å². The Hall–Kier alpha value is -2.40. The summed E-state index contributed by atoms with van der Waals surface area (Å²) >= 11 is 0. The molecule has 9 nitrogen and oxygen atoms in total. The van der Waals surface area contributed by atoms with Crippen molar-refractivity contribution in [2.45, 2.75) is 83.8 Å². The number of aliphatic hydroxyl groups excluding tert-OH is 1. The van der Waals surface area contributed by atoms with E-state index in [1.165, 1.54) is 0 Å². The molecule has 0 spiro atoms. The van der Waals surface area contributed by atoms with Crippen molar-refractivity contribution >= 4 is 14.2 Å². The molecule has 202 valence electrons. The lowest BCUT2D eigenvalue weighted by atomic mass is 9.82. The summed E-state index contributed by atoms with van der Waals surface area (Å²) in [5.74, 6) is 2.42. The fourth-order valence-electron chi connectivity index (χ4n) is 3.56. The Morgan fingerprint density at radius 1 is 1.28 bits per heavy atom. The van der Waals surface area contributed by atoms with Crippen molar-refractivity contribution in [2.75, 3.05) is 13.2 Å². The predicted molar refractivity (Wildman–Crippen MR) is 129 cm³/mol. The Balaban J connectivity index is 2.14. The average Bonchev–Trinajstić information content (AvgIpc) is 3.09. The van der Waals surface area contributed by atoms with E-state index in [4.69, 9.17) is 9.16 Å². The summed E-state index contributed by atoms with van der Waals surface area (Å²) in [7, 11) is -2.26. The van der Waals surface area contributed by atoms with Crippen molar-refractivity contribution in [3.63, 3.8) is 0 Å². The maximum absolute atomic E-state index is 12.4. The van der Waals surface area contributed by atoms with Crippen LogP contribution in [0.3, 0.4) is 0 Å². The number of nitrogens with one attached hydrogen (secondary N) is 2. The first kappa shape index (κ1) is 29.8. The van der Waals surface area contributed by atoms with E-state index in [0.717, 1.165) is 10.8 Å². The van der Waals surface area contributed by atoms with Crippen LogP contribution in [0, 0.1) is 17.3 Å². The highest BCUT2D eigenvalue weighted by atomic mass is 28.4. The Labute approximate surface area is 208 Å². The number of aromatic amines is 1. The smallest absolute Gasteiger partial charge is 0.414 e. The molecule has 1 amide bonds. The van der Waals surface area contributed by atoms with Gasteiger partial charge in [0.25, 0.3) is 5.56 Å². The number of alkyl halides is 3. The Bertz CT molecular complexity index is 1140. The van der Waals surface area contributed by atoms with Gasteiger partial charge in [-0.15, -0.1) is 0 Å². The molecular weight excluding hydrogens is 499 g/mol. The van der Waals surface area contributed by atoms with Gasteiger partial charge < -0.3 is 19.6 Å². The number of hydrogen-bond donors (Lipinski definition) is 3. The first-order valence-corrected chi connectivity index (χ1v) is 14.4. The molecule has 1 aliphatic heterocycles. The molecule has 2 rings (SSSR count). The molecule has 13 heteroatoms. The number of hydrogen-bond acceptors (Lipinski definition) is 6. The summed E-state index contributed by atoms with van der Waals surface area (Å²) in [6.45, 7) is 14.4. The first-order valence-electron chi connectivity index (χ1n) is 11.4. The quantitative estimate of drug-likeness (QED) is 0.381. The van der Waals surface area contributed by atoms with Crippen molar-refractivity contribution in [3.05, 3.63) is 32.6 Å². The van der Waals surface area contributed by atoms with Gasteiger partial charge in [0.1, 0.15) is 17.9 Å². The zero-order valence-corrected chi connectivity index (χ0v) is 22.5. The van der Waals surface area contributed by atoms with E-state index in [0.29, 0.717) is 0 Å². The third kappa shape index (κ3) is 6.67. The number of amides is 1. The monoisotopic (exact) mass is 533 g/mol. The minimum atomic E-state index is -5.05. The average molecular weight is 534 g/mol. The van der Waals surface area contributed by atoms with E-state index in [-0.39, 0.29) is 29.0 Å². The zero-order chi connectivity index (χ0) is 27.7. The lowest BCUT2D eigenvalue weighted by Crippen LogP contribution is -2.50. The summed E-state index contributed by atoms with van der Waals surface area (Å²) in [5.41, 5.74) is -1.87. The fourth-order valence-corrected chi connectivity index (χ4v) is 6.31. The van der Waals surface area contributed by atoms with Crippen LogP contribution in [0.4, 0.5) is 13.2 Å². The third-order valence-electron chi connectivity index (χ3n) is 7.29. The van der Waals surface area contributed by atoms with Gasteiger partial charge in [0, 0.05) is 12.6 Å². The van der Waals surface area contributed by atoms with Crippen LogP contribution in [-0.2, 0) is 14.0 Å². The third-order valence-corrected chi connectivity index (χ3v) is 11.9. The minimum absolute atomic E-state index is 0.0172. The van der Waals surface area contributed by atoms with Gasteiger partial charge in [0.05, 0.1) is 19.3 Å². The number of carbonyl (C=O) groups excluding carboxylic acids is 1. The predicted octanol–water partition coefficient (Wildman–Crippen LogP) is 2.26. The van der Waals surface area contributed by atoms with E-state index in [9.17, 15) is 32.7 Å². The molecule has 2 unspecified atom stereocenters. The highest BCUT2D eigenvalue weighted by molar-refractivity contribution is 6.74. The molecule has 0 aliphatic carbocycles. The zero-order valence-electron chi connectivity index (χ0n) is 21.5. The van der Waals surface area contributed by atoms with Crippen molar-refractivity contribution < 1.29 is 32.2 Å². The number of aromatic nitrogens is 2. The summed E-state index contributed by atoms with van der Waals surface area (Å²) < 4.78 is 50.0. The maximum atomic E-state index is 12.4.